The van der Waals surface area contributed by atoms with Gasteiger partial charge in [-0.1, -0.05) is 24.3 Å². The molecule has 0 atom stereocenters. The van der Waals surface area contributed by atoms with Gasteiger partial charge in [-0.05, 0) is 67.8 Å². The quantitative estimate of drug-likeness (QED) is 0.501. The summed E-state index contributed by atoms with van der Waals surface area (Å²) in [5, 5.41) is 0. The zero-order chi connectivity index (χ0) is 18.3. The Balaban J connectivity index is 1.41. The van der Waals surface area contributed by atoms with Crippen LogP contribution >= 0.6 is 0 Å². The lowest BCUT2D eigenvalue weighted by molar-refractivity contribution is 0.782. The van der Waals surface area contributed by atoms with Crippen LogP contribution in [-0.4, -0.2) is 19.9 Å². The van der Waals surface area contributed by atoms with Crippen molar-refractivity contribution < 1.29 is 0 Å². The van der Waals surface area contributed by atoms with Crippen molar-refractivity contribution in [2.24, 2.45) is 0 Å². The van der Waals surface area contributed by atoms with E-state index < -0.39 is 0 Å². The molecule has 0 aliphatic rings. The van der Waals surface area contributed by atoms with E-state index in [1.54, 1.807) is 12.4 Å². The lowest BCUT2D eigenvalue weighted by atomic mass is 10.1. The molecule has 0 aliphatic carbocycles. The Kier molecular flexibility index (Phi) is 5.25. The van der Waals surface area contributed by atoms with Crippen LogP contribution in [0.1, 0.15) is 17.8 Å². The number of hydrogen-bond acceptors (Lipinski definition) is 4. The second-order valence-corrected chi connectivity index (χ2v) is 6.31. The van der Waals surface area contributed by atoms with Gasteiger partial charge in [0.2, 0.25) is 0 Å². The number of nitrogens with zero attached hydrogens (tertiary/aromatic N) is 4. The smallest absolute Gasteiger partial charge is 0.0889 e. The summed E-state index contributed by atoms with van der Waals surface area (Å²) in [6, 6.07) is 24.0. The second kappa shape index (κ2) is 8.32. The van der Waals surface area contributed by atoms with Gasteiger partial charge in [0.15, 0.2) is 0 Å². The summed E-state index contributed by atoms with van der Waals surface area (Å²) in [6.07, 6.45) is 6.41. The average Bonchev–Trinajstić information content (AvgIpc) is 2.75. The third-order valence-corrected chi connectivity index (χ3v) is 4.33. The Morgan fingerprint density at radius 3 is 1.41 bits per heavy atom. The molecule has 0 saturated heterocycles. The van der Waals surface area contributed by atoms with E-state index in [4.69, 9.17) is 9.97 Å². The molecule has 0 aliphatic heterocycles. The van der Waals surface area contributed by atoms with Crippen LogP contribution in [0, 0.1) is 0 Å². The van der Waals surface area contributed by atoms with Crippen molar-refractivity contribution in [2.45, 2.75) is 19.3 Å². The number of hydrogen-bond donors (Lipinski definition) is 0. The highest BCUT2D eigenvalue weighted by Crippen LogP contribution is 2.17. The first kappa shape index (κ1) is 17.0. The zero-order valence-electron chi connectivity index (χ0n) is 15.0. The Bertz CT molecular complexity index is 918. The van der Waals surface area contributed by atoms with E-state index in [2.05, 4.69) is 22.1 Å². The van der Waals surface area contributed by atoms with Gasteiger partial charge in [-0.15, -0.1) is 0 Å². The molecule has 0 bridgehead atoms. The molecule has 4 aromatic rings. The molecule has 0 unspecified atom stereocenters. The molecule has 0 aromatic carbocycles. The van der Waals surface area contributed by atoms with E-state index in [9.17, 15) is 0 Å². The molecule has 27 heavy (non-hydrogen) atoms. The Labute approximate surface area is 159 Å². The highest BCUT2D eigenvalue weighted by molar-refractivity contribution is 5.54. The standard InChI is InChI=1S/C23H20N4/c1-3-16-24-20(12-1)22-14-6-10-18(26-22)8-5-9-19-11-7-15-23(27-19)21-13-2-4-17-25-21/h1-4,6-7,10-17H,5,8-9H2. The van der Waals surface area contributed by atoms with Gasteiger partial charge in [0.25, 0.3) is 0 Å². The van der Waals surface area contributed by atoms with E-state index in [1.807, 2.05) is 60.7 Å². The van der Waals surface area contributed by atoms with E-state index in [-0.39, 0.29) is 0 Å². The first-order chi connectivity index (χ1) is 13.4. The minimum atomic E-state index is 0.907. The fourth-order valence-electron chi connectivity index (χ4n) is 3.00. The monoisotopic (exact) mass is 352 g/mol. The van der Waals surface area contributed by atoms with Crippen molar-refractivity contribution in [1.82, 2.24) is 19.9 Å². The molecule has 4 nitrogen and oxygen atoms in total. The molecule has 4 heteroatoms. The predicted octanol–water partition coefficient (Wildman–Crippen LogP) is 4.78. The number of aryl methyl sites for hydroxylation is 2. The molecule has 4 heterocycles. The number of aromatic nitrogens is 4. The molecular weight excluding hydrogens is 332 g/mol. The van der Waals surface area contributed by atoms with E-state index in [0.29, 0.717) is 0 Å². The van der Waals surface area contributed by atoms with Gasteiger partial charge >= 0.3 is 0 Å². The lowest BCUT2D eigenvalue weighted by Gasteiger charge is -2.06. The van der Waals surface area contributed by atoms with Crippen molar-refractivity contribution in [3.63, 3.8) is 0 Å². The van der Waals surface area contributed by atoms with Gasteiger partial charge in [0.05, 0.1) is 22.8 Å². The maximum Gasteiger partial charge on any atom is 0.0889 e. The molecule has 4 rings (SSSR count). The maximum atomic E-state index is 4.75. The molecule has 0 radical (unpaired) electrons. The third-order valence-electron chi connectivity index (χ3n) is 4.33. The van der Waals surface area contributed by atoms with Crippen LogP contribution in [0.4, 0.5) is 0 Å². The maximum absolute atomic E-state index is 4.75. The minimum absolute atomic E-state index is 0.907. The summed E-state index contributed by atoms with van der Waals surface area (Å²) in [6.45, 7) is 0. The first-order valence-corrected chi connectivity index (χ1v) is 9.13. The van der Waals surface area contributed by atoms with Crippen molar-refractivity contribution >= 4 is 0 Å². The lowest BCUT2D eigenvalue weighted by Crippen LogP contribution is -1.97. The molecule has 0 spiro atoms. The summed E-state index contributed by atoms with van der Waals surface area (Å²) in [5.74, 6) is 0. The fraction of sp³-hybridized carbons (Fsp3) is 0.130. The van der Waals surface area contributed by atoms with Crippen LogP contribution in [0.3, 0.4) is 0 Å². The normalized spacial score (nSPS) is 10.7. The Hall–Kier alpha value is -3.40. The highest BCUT2D eigenvalue weighted by Gasteiger charge is 2.04. The molecule has 0 amide bonds. The molecule has 0 saturated carbocycles. The molecule has 132 valence electrons. The van der Waals surface area contributed by atoms with Crippen molar-refractivity contribution in [2.75, 3.05) is 0 Å². The SMILES string of the molecule is c1ccc(-c2cccc(CCCc3cccc(-c4ccccn4)n3)n2)nc1. The fourth-order valence-corrected chi connectivity index (χ4v) is 3.00. The van der Waals surface area contributed by atoms with Gasteiger partial charge in [-0.25, -0.2) is 0 Å². The second-order valence-electron chi connectivity index (χ2n) is 6.31. The van der Waals surface area contributed by atoms with Crippen molar-refractivity contribution in [3.05, 3.63) is 96.6 Å². The number of pyridine rings is 4. The predicted molar refractivity (Wildman–Crippen MR) is 107 cm³/mol. The Morgan fingerprint density at radius 1 is 0.481 bits per heavy atom. The number of rotatable bonds is 6. The van der Waals surface area contributed by atoms with Gasteiger partial charge in [0.1, 0.15) is 0 Å². The van der Waals surface area contributed by atoms with Gasteiger partial charge in [-0.2, -0.15) is 0 Å². The van der Waals surface area contributed by atoms with Crippen LogP contribution in [0.15, 0.2) is 85.2 Å². The molecule has 4 aromatic heterocycles. The average molecular weight is 352 g/mol. The van der Waals surface area contributed by atoms with Crippen LogP contribution < -0.4 is 0 Å². The summed E-state index contributed by atoms with van der Waals surface area (Å²) in [7, 11) is 0. The van der Waals surface area contributed by atoms with Gasteiger partial charge in [0, 0.05) is 23.8 Å². The van der Waals surface area contributed by atoms with Gasteiger partial charge in [-0.3, -0.25) is 19.9 Å². The van der Waals surface area contributed by atoms with E-state index in [1.165, 1.54) is 0 Å². The van der Waals surface area contributed by atoms with Crippen molar-refractivity contribution in [1.29, 1.82) is 0 Å². The molecule has 0 N–H and O–H groups in total. The Morgan fingerprint density at radius 2 is 0.963 bits per heavy atom. The molecular formula is C23H20N4. The van der Waals surface area contributed by atoms with Crippen LogP contribution in [0.5, 0.6) is 0 Å². The zero-order valence-corrected chi connectivity index (χ0v) is 15.0. The van der Waals surface area contributed by atoms with E-state index in [0.717, 1.165) is 53.4 Å². The molecule has 0 fully saturated rings. The van der Waals surface area contributed by atoms with E-state index >= 15 is 0 Å². The van der Waals surface area contributed by atoms with Crippen LogP contribution in [0.25, 0.3) is 22.8 Å². The van der Waals surface area contributed by atoms with Gasteiger partial charge < -0.3 is 0 Å². The third kappa shape index (κ3) is 4.42. The summed E-state index contributed by atoms with van der Waals surface area (Å²) < 4.78 is 0. The summed E-state index contributed by atoms with van der Waals surface area (Å²) in [5.41, 5.74) is 5.82. The van der Waals surface area contributed by atoms with Crippen molar-refractivity contribution in [3.8, 4) is 22.8 Å². The highest BCUT2D eigenvalue weighted by atomic mass is 14.8. The first-order valence-electron chi connectivity index (χ1n) is 9.13. The van der Waals surface area contributed by atoms with Crippen LogP contribution in [-0.2, 0) is 12.8 Å². The summed E-state index contributed by atoms with van der Waals surface area (Å²) in [4.78, 5) is 18.2. The minimum Gasteiger partial charge on any atom is -0.255 e. The largest absolute Gasteiger partial charge is 0.255 e. The van der Waals surface area contributed by atoms with Crippen LogP contribution in [0.2, 0.25) is 0 Å². The topological polar surface area (TPSA) is 51.6 Å². The summed E-state index contributed by atoms with van der Waals surface area (Å²) >= 11 is 0.